The lowest BCUT2D eigenvalue weighted by Gasteiger charge is -2.53. The van der Waals surface area contributed by atoms with Gasteiger partial charge in [-0.2, -0.15) is 0 Å². The van der Waals surface area contributed by atoms with Crippen LogP contribution in [0.25, 0.3) is 0 Å². The van der Waals surface area contributed by atoms with Crippen LogP contribution in [0.3, 0.4) is 0 Å². The summed E-state index contributed by atoms with van der Waals surface area (Å²) in [5, 5.41) is 12.5. The van der Waals surface area contributed by atoms with Crippen LogP contribution in [-0.2, 0) is 20.7 Å². The van der Waals surface area contributed by atoms with Crippen molar-refractivity contribution in [1.82, 2.24) is 10.2 Å². The Balaban J connectivity index is 1.32. The molecule has 40 heavy (non-hydrogen) atoms. The molecule has 5 rings (SSSR count). The standard InChI is InChI=1S/C32H42N2O6/c1-19-7-12-23-27(15-19)39-32(5,6)24-17-21-18-34(14-13-26(21)38-28(23)24)29(36)25(33-30(37)40-31(2,3)4)16-20-8-10-22(35)11-9-20/h7-12,15,21,24-26,28,35H,13-14,16-18H2,1-6H3,(H,33,37)/t21-,24+,25-,26+,28-/m0/s1. The highest BCUT2D eigenvalue weighted by Gasteiger charge is 2.51. The fourth-order valence-electron chi connectivity index (χ4n) is 6.35. The molecule has 0 unspecified atom stereocenters. The van der Waals surface area contributed by atoms with Crippen LogP contribution >= 0.6 is 0 Å². The lowest BCUT2D eigenvalue weighted by Crippen LogP contribution is -2.58. The number of aryl methyl sites for hydroxylation is 1. The highest BCUT2D eigenvalue weighted by atomic mass is 16.6. The van der Waals surface area contributed by atoms with Crippen molar-refractivity contribution < 1.29 is 28.9 Å². The van der Waals surface area contributed by atoms with Crippen LogP contribution in [0.5, 0.6) is 11.5 Å². The van der Waals surface area contributed by atoms with Gasteiger partial charge in [0.05, 0.1) is 12.2 Å². The molecular weight excluding hydrogens is 508 g/mol. The molecular formula is C32H42N2O6. The van der Waals surface area contributed by atoms with Crippen molar-refractivity contribution in [1.29, 1.82) is 0 Å². The van der Waals surface area contributed by atoms with Gasteiger partial charge in [0.2, 0.25) is 5.91 Å². The van der Waals surface area contributed by atoms with E-state index < -0.39 is 23.3 Å². The number of nitrogens with one attached hydrogen (secondary N) is 1. The summed E-state index contributed by atoms with van der Waals surface area (Å²) in [7, 11) is 0. The Labute approximate surface area is 237 Å². The minimum atomic E-state index is -0.794. The lowest BCUT2D eigenvalue weighted by molar-refractivity contribution is -0.189. The van der Waals surface area contributed by atoms with Gasteiger partial charge in [0.15, 0.2) is 0 Å². The number of piperidine rings is 1. The Hall–Kier alpha value is -3.26. The van der Waals surface area contributed by atoms with Crippen LogP contribution in [0.1, 0.15) is 70.3 Å². The van der Waals surface area contributed by atoms with Gasteiger partial charge in [-0.05, 0) is 83.7 Å². The van der Waals surface area contributed by atoms with E-state index in [1.165, 1.54) is 0 Å². The number of hydrogen-bond acceptors (Lipinski definition) is 6. The van der Waals surface area contributed by atoms with Gasteiger partial charge in [-0.1, -0.05) is 24.3 Å². The lowest BCUT2D eigenvalue weighted by atomic mass is 9.70. The molecule has 216 valence electrons. The number of phenolic OH excluding ortho intramolecular Hbond substituents is 1. The number of carbonyl (C=O) groups is 2. The Morgan fingerprint density at radius 2 is 1.90 bits per heavy atom. The molecule has 0 saturated carbocycles. The number of benzene rings is 2. The molecule has 8 nitrogen and oxygen atoms in total. The maximum absolute atomic E-state index is 13.9. The molecule has 0 aliphatic carbocycles. The first kappa shape index (κ1) is 28.3. The van der Waals surface area contributed by atoms with Gasteiger partial charge in [-0.25, -0.2) is 4.79 Å². The molecule has 2 aromatic carbocycles. The number of rotatable bonds is 4. The van der Waals surface area contributed by atoms with Crippen molar-refractivity contribution >= 4 is 12.0 Å². The number of nitrogens with zero attached hydrogens (tertiary/aromatic N) is 1. The second-order valence-corrected chi connectivity index (χ2v) is 13.1. The molecule has 3 heterocycles. The molecule has 0 aromatic heterocycles. The van der Waals surface area contributed by atoms with Crippen LogP contribution in [0, 0.1) is 18.8 Å². The number of fused-ring (bicyclic) bond motifs is 4. The molecule has 0 bridgehead atoms. The Bertz CT molecular complexity index is 1250. The first-order valence-electron chi connectivity index (χ1n) is 14.3. The number of hydrogen-bond donors (Lipinski definition) is 2. The summed E-state index contributed by atoms with van der Waals surface area (Å²) in [5.74, 6) is 1.25. The minimum absolute atomic E-state index is 0.0288. The number of ether oxygens (including phenoxy) is 3. The first-order valence-corrected chi connectivity index (χ1v) is 14.3. The number of likely N-dealkylation sites (tertiary alicyclic amines) is 1. The van der Waals surface area contributed by atoms with Crippen molar-refractivity contribution in [3.8, 4) is 11.5 Å². The van der Waals surface area contributed by atoms with Crippen molar-refractivity contribution in [2.75, 3.05) is 13.1 Å². The van der Waals surface area contributed by atoms with Crippen molar-refractivity contribution in [2.45, 2.75) is 90.3 Å². The van der Waals surface area contributed by atoms with E-state index in [-0.39, 0.29) is 35.7 Å². The van der Waals surface area contributed by atoms with Gasteiger partial charge in [0.25, 0.3) is 0 Å². The third kappa shape index (κ3) is 6.07. The number of phenols is 1. The molecule has 2 saturated heterocycles. The molecule has 0 radical (unpaired) electrons. The summed E-state index contributed by atoms with van der Waals surface area (Å²) in [6, 6.07) is 12.2. The summed E-state index contributed by atoms with van der Waals surface area (Å²) >= 11 is 0. The zero-order chi connectivity index (χ0) is 28.8. The number of carbonyl (C=O) groups excluding carboxylic acids is 2. The van der Waals surface area contributed by atoms with Crippen molar-refractivity contribution in [2.24, 2.45) is 11.8 Å². The zero-order valence-electron chi connectivity index (χ0n) is 24.4. The topological polar surface area (TPSA) is 97.3 Å². The molecule has 2 aromatic rings. The summed E-state index contributed by atoms with van der Waals surface area (Å²) in [5.41, 5.74) is 2.03. The predicted molar refractivity (Wildman–Crippen MR) is 151 cm³/mol. The third-order valence-electron chi connectivity index (χ3n) is 8.33. The number of amides is 2. The molecule has 0 spiro atoms. The largest absolute Gasteiger partial charge is 0.508 e. The summed E-state index contributed by atoms with van der Waals surface area (Å²) in [6.07, 6.45) is 1.32. The van der Waals surface area contributed by atoms with Gasteiger partial charge in [-0.15, -0.1) is 0 Å². The van der Waals surface area contributed by atoms with Gasteiger partial charge < -0.3 is 29.5 Å². The average molecular weight is 551 g/mol. The molecule has 5 atom stereocenters. The fourth-order valence-corrected chi connectivity index (χ4v) is 6.35. The molecule has 8 heteroatoms. The van der Waals surface area contributed by atoms with Crippen molar-refractivity contribution in [3.05, 3.63) is 59.2 Å². The van der Waals surface area contributed by atoms with Gasteiger partial charge in [0.1, 0.15) is 28.7 Å². The highest BCUT2D eigenvalue weighted by molar-refractivity contribution is 5.86. The molecule has 3 aliphatic heterocycles. The third-order valence-corrected chi connectivity index (χ3v) is 8.33. The zero-order valence-corrected chi connectivity index (χ0v) is 24.4. The average Bonchev–Trinajstić information content (AvgIpc) is 2.86. The smallest absolute Gasteiger partial charge is 0.408 e. The van der Waals surface area contributed by atoms with E-state index in [0.29, 0.717) is 19.5 Å². The van der Waals surface area contributed by atoms with E-state index in [1.807, 2.05) is 4.90 Å². The summed E-state index contributed by atoms with van der Waals surface area (Å²) < 4.78 is 18.7. The maximum Gasteiger partial charge on any atom is 0.408 e. The van der Waals surface area contributed by atoms with Gasteiger partial charge in [-0.3, -0.25) is 4.79 Å². The van der Waals surface area contributed by atoms with E-state index in [4.69, 9.17) is 14.2 Å². The Morgan fingerprint density at radius 1 is 1.18 bits per heavy atom. The van der Waals surface area contributed by atoms with E-state index in [1.54, 1.807) is 45.0 Å². The second-order valence-electron chi connectivity index (χ2n) is 13.1. The fraction of sp³-hybridized carbons (Fsp3) is 0.562. The first-order chi connectivity index (χ1) is 18.8. The Morgan fingerprint density at radius 3 is 2.60 bits per heavy atom. The molecule has 2 amide bonds. The SMILES string of the molecule is Cc1ccc2c(c1)OC(C)(C)[C@@H]1C[C@H]3CN(C(=O)[C@H](Cc4ccc(O)cc4)NC(=O)OC(C)(C)C)CC[C@H]3O[C@@H]21. The Kier molecular flexibility index (Phi) is 7.50. The normalized spacial score (nSPS) is 25.9. The van der Waals surface area contributed by atoms with Crippen LogP contribution in [0.2, 0.25) is 0 Å². The molecule has 2 fully saturated rings. The summed E-state index contributed by atoms with van der Waals surface area (Å²) in [4.78, 5) is 28.5. The van der Waals surface area contributed by atoms with E-state index >= 15 is 0 Å². The van der Waals surface area contributed by atoms with E-state index in [9.17, 15) is 14.7 Å². The van der Waals surface area contributed by atoms with Crippen LogP contribution in [-0.4, -0.2) is 58.4 Å². The van der Waals surface area contributed by atoms with Crippen LogP contribution in [0.15, 0.2) is 42.5 Å². The predicted octanol–water partition coefficient (Wildman–Crippen LogP) is 5.30. The summed E-state index contributed by atoms with van der Waals surface area (Å²) in [6.45, 7) is 12.8. The monoisotopic (exact) mass is 550 g/mol. The minimum Gasteiger partial charge on any atom is -0.508 e. The van der Waals surface area contributed by atoms with Crippen LogP contribution in [0.4, 0.5) is 4.79 Å². The molecule has 3 aliphatic rings. The molecule has 2 N–H and O–H groups in total. The van der Waals surface area contributed by atoms with Crippen LogP contribution < -0.4 is 10.1 Å². The maximum atomic E-state index is 13.9. The van der Waals surface area contributed by atoms with E-state index in [0.717, 1.165) is 35.3 Å². The van der Waals surface area contributed by atoms with Crippen molar-refractivity contribution in [3.63, 3.8) is 0 Å². The van der Waals surface area contributed by atoms with E-state index in [2.05, 4.69) is 44.3 Å². The highest BCUT2D eigenvalue weighted by Crippen LogP contribution is 2.53. The quantitative estimate of drug-likeness (QED) is 0.536. The number of alkyl carbamates (subject to hydrolysis) is 1. The number of aromatic hydroxyl groups is 1. The van der Waals surface area contributed by atoms with Gasteiger partial charge >= 0.3 is 6.09 Å². The second kappa shape index (κ2) is 10.6. The van der Waals surface area contributed by atoms with Gasteiger partial charge in [0, 0.05) is 36.9 Å².